The van der Waals surface area contributed by atoms with Crippen LogP contribution in [0.5, 0.6) is 0 Å². The molecule has 9 rings (SSSR count). The minimum absolute atomic E-state index is 0.393. The van der Waals surface area contributed by atoms with Gasteiger partial charge in [-0.2, -0.15) is 0 Å². The molecule has 0 spiro atoms. The van der Waals surface area contributed by atoms with Crippen molar-refractivity contribution in [3.05, 3.63) is 244 Å². The van der Waals surface area contributed by atoms with Crippen molar-refractivity contribution in [3.8, 4) is 66.8 Å². The summed E-state index contributed by atoms with van der Waals surface area (Å²) in [6, 6.07) is 49.3. The lowest BCUT2D eigenvalue weighted by atomic mass is 9.84. The highest BCUT2D eigenvalue weighted by molar-refractivity contribution is 6.36. The van der Waals surface area contributed by atoms with Crippen LogP contribution in [0.15, 0.2) is 127 Å². The Hall–Kier alpha value is -7.08. The van der Waals surface area contributed by atoms with E-state index >= 15 is 0 Å². The molecule has 0 N–H and O–H groups in total. The summed E-state index contributed by atoms with van der Waals surface area (Å²) in [6.45, 7) is 47.2. The Morgan fingerprint density at radius 2 is 0.432 bits per heavy atom. The molecule has 9 aromatic rings. The summed E-state index contributed by atoms with van der Waals surface area (Å²) in [5, 5.41) is 0. The normalized spacial score (nSPS) is 12.6. The molecule has 0 aliphatic carbocycles. The lowest BCUT2D eigenvalue weighted by Crippen LogP contribution is -2.33. The van der Waals surface area contributed by atoms with Crippen LogP contribution in [0.4, 0.5) is 0 Å². The number of hydrogen-bond donors (Lipinski definition) is 0. The Balaban J connectivity index is 1.29. The monoisotopic (exact) mass is 1170 g/mol. The van der Waals surface area contributed by atoms with E-state index in [-0.39, 0.29) is 0 Å². The molecular formula is C84H99BO3. The van der Waals surface area contributed by atoms with E-state index in [9.17, 15) is 0 Å². The number of rotatable bonds is 21. The van der Waals surface area contributed by atoms with Gasteiger partial charge in [0.25, 0.3) is 0 Å². The Bertz CT molecular complexity index is 3510. The third-order valence-electron chi connectivity index (χ3n) is 18.4. The Kier molecular flexibility index (Phi) is 20.6. The van der Waals surface area contributed by atoms with Gasteiger partial charge in [0, 0.05) is 0 Å². The molecule has 0 saturated heterocycles. The van der Waals surface area contributed by atoms with Crippen LogP contribution in [0.25, 0.3) is 66.8 Å². The van der Waals surface area contributed by atoms with Gasteiger partial charge in [0.1, 0.15) is 0 Å². The number of aryl methyl sites for hydroxylation is 18. The van der Waals surface area contributed by atoms with Gasteiger partial charge in [0.2, 0.25) is 0 Å². The van der Waals surface area contributed by atoms with Crippen molar-refractivity contribution in [2.24, 2.45) is 0 Å². The zero-order chi connectivity index (χ0) is 63.6. The van der Waals surface area contributed by atoms with Gasteiger partial charge >= 0.3 is 7.32 Å². The third kappa shape index (κ3) is 14.0. The van der Waals surface area contributed by atoms with Gasteiger partial charge in [-0.1, -0.05) is 183 Å². The summed E-state index contributed by atoms with van der Waals surface area (Å²) in [6.07, 6.45) is 3.77. The fourth-order valence-corrected chi connectivity index (χ4v) is 15.5. The molecule has 0 saturated carbocycles. The molecule has 3 nitrogen and oxygen atoms in total. The van der Waals surface area contributed by atoms with E-state index < -0.39 is 25.6 Å². The Morgan fingerprint density at radius 3 is 0.614 bits per heavy atom. The van der Waals surface area contributed by atoms with E-state index in [4.69, 9.17) is 14.0 Å². The standard InChI is InChI=1S/C84H99BO3/c1-22-25-76(70-31-28-67(79-55(10)34-49(4)35-56(79)11)46-73(70)82-61(16)40-52(7)41-62(82)17)86-85(87-77(26-23-2)71-32-29-68(80-57(12)36-50(5)37-58(80)13)47-74(71)83-63(18)42-53(8)43-64(83)19)88-78(27-24-3)72-33-30-69(81-59(14)38-51(6)39-60(81)15)48-75(72)84-65(20)44-54(9)45-66(84)21/h28-48,76-78H,22-27H2,1-21H3. The molecule has 3 atom stereocenters. The average molecular weight is 1170 g/mol. The van der Waals surface area contributed by atoms with Crippen LogP contribution in [-0.4, -0.2) is 7.32 Å². The highest BCUT2D eigenvalue weighted by atomic mass is 16.7. The first-order valence-electron chi connectivity index (χ1n) is 32.8. The van der Waals surface area contributed by atoms with Gasteiger partial charge in [-0.05, 0) is 312 Å². The van der Waals surface area contributed by atoms with Gasteiger partial charge in [0.15, 0.2) is 0 Å². The molecular weight excluding hydrogens is 1070 g/mol. The zero-order valence-electron chi connectivity index (χ0n) is 57.4. The van der Waals surface area contributed by atoms with E-state index in [1.165, 1.54) is 167 Å². The highest BCUT2D eigenvalue weighted by Crippen LogP contribution is 2.47. The smallest absolute Gasteiger partial charge is 0.379 e. The van der Waals surface area contributed by atoms with Gasteiger partial charge in [-0.3, -0.25) is 0 Å². The molecule has 4 heteroatoms. The lowest BCUT2D eigenvalue weighted by Gasteiger charge is -2.32. The molecule has 0 aliphatic heterocycles. The van der Waals surface area contributed by atoms with Gasteiger partial charge in [-0.25, -0.2) is 0 Å². The topological polar surface area (TPSA) is 27.7 Å². The van der Waals surface area contributed by atoms with Crippen LogP contribution in [0.3, 0.4) is 0 Å². The summed E-state index contributed by atoms with van der Waals surface area (Å²) in [5.74, 6) is 0. The van der Waals surface area contributed by atoms with Crippen molar-refractivity contribution in [1.82, 2.24) is 0 Å². The van der Waals surface area contributed by atoms with Crippen molar-refractivity contribution in [3.63, 3.8) is 0 Å². The summed E-state index contributed by atoms with van der Waals surface area (Å²) >= 11 is 0. The largest absolute Gasteiger partial charge is 0.640 e. The first-order chi connectivity index (χ1) is 41.9. The molecule has 0 fully saturated rings. The summed E-state index contributed by atoms with van der Waals surface area (Å²) < 4.78 is 23.7. The van der Waals surface area contributed by atoms with Crippen LogP contribution in [0, 0.1) is 125 Å². The van der Waals surface area contributed by atoms with Gasteiger partial charge in [-0.15, -0.1) is 0 Å². The van der Waals surface area contributed by atoms with Crippen LogP contribution in [0.2, 0.25) is 0 Å². The first-order valence-corrected chi connectivity index (χ1v) is 32.8. The maximum atomic E-state index is 7.89. The minimum Gasteiger partial charge on any atom is -0.379 e. The van der Waals surface area contributed by atoms with E-state index in [0.717, 1.165) is 55.2 Å². The molecule has 0 aliphatic rings. The summed E-state index contributed by atoms with van der Waals surface area (Å²) in [7, 11) is -1.08. The van der Waals surface area contributed by atoms with E-state index in [2.05, 4.69) is 273 Å². The molecule has 9 aromatic carbocycles. The second kappa shape index (κ2) is 27.8. The SMILES string of the molecule is CCCC(OB(OC(CCC)c1ccc(-c2c(C)cc(C)cc2C)cc1-c1c(C)cc(C)cc1C)OC(CCC)c1ccc(-c2c(C)cc(C)cc2C)cc1-c1c(C)cc(C)cc1C)c1ccc(-c2c(C)cc(C)cc2C)cc1-c1c(C)cc(C)cc1C. The zero-order valence-corrected chi connectivity index (χ0v) is 57.4. The third-order valence-corrected chi connectivity index (χ3v) is 18.4. The van der Waals surface area contributed by atoms with Crippen LogP contribution in [0.1, 0.15) is 194 Å². The van der Waals surface area contributed by atoms with Crippen LogP contribution >= 0.6 is 0 Å². The van der Waals surface area contributed by atoms with Crippen molar-refractivity contribution >= 4 is 7.32 Å². The average Bonchev–Trinajstić information content (AvgIpc) is 0.995. The summed E-state index contributed by atoms with van der Waals surface area (Å²) in [4.78, 5) is 0. The number of hydrogen-bond acceptors (Lipinski definition) is 3. The van der Waals surface area contributed by atoms with Crippen molar-refractivity contribution in [2.45, 2.75) is 202 Å². The molecule has 456 valence electrons. The minimum atomic E-state index is -1.08. The lowest BCUT2D eigenvalue weighted by molar-refractivity contribution is -0.000204. The van der Waals surface area contributed by atoms with E-state index in [0.29, 0.717) is 0 Å². The highest BCUT2D eigenvalue weighted by Gasteiger charge is 2.37. The van der Waals surface area contributed by atoms with Crippen LogP contribution < -0.4 is 0 Å². The van der Waals surface area contributed by atoms with Gasteiger partial charge < -0.3 is 14.0 Å². The second-order valence-corrected chi connectivity index (χ2v) is 26.6. The van der Waals surface area contributed by atoms with E-state index in [1.807, 2.05) is 0 Å². The fourth-order valence-electron chi connectivity index (χ4n) is 15.5. The quantitative estimate of drug-likeness (QED) is 0.0671. The first kappa shape index (κ1) is 65.4. The van der Waals surface area contributed by atoms with Gasteiger partial charge in [0.05, 0.1) is 18.3 Å². The number of benzene rings is 9. The Morgan fingerprint density at radius 1 is 0.250 bits per heavy atom. The van der Waals surface area contributed by atoms with Crippen LogP contribution in [-0.2, 0) is 14.0 Å². The Labute approximate surface area is 531 Å². The maximum Gasteiger partial charge on any atom is 0.640 e. The van der Waals surface area contributed by atoms with Crippen molar-refractivity contribution in [2.75, 3.05) is 0 Å². The molecule has 0 aromatic heterocycles. The predicted molar refractivity (Wildman–Crippen MR) is 379 cm³/mol. The van der Waals surface area contributed by atoms with E-state index in [1.54, 1.807) is 0 Å². The summed E-state index contributed by atoms with van der Waals surface area (Å²) in [5.41, 5.74) is 41.0. The maximum absolute atomic E-state index is 7.89. The van der Waals surface area contributed by atoms with Crippen molar-refractivity contribution < 1.29 is 14.0 Å². The predicted octanol–water partition coefficient (Wildman–Crippen LogP) is 24.2. The molecule has 0 bridgehead atoms. The van der Waals surface area contributed by atoms with Crippen molar-refractivity contribution in [1.29, 1.82) is 0 Å². The molecule has 88 heavy (non-hydrogen) atoms. The molecule has 0 amide bonds. The second-order valence-electron chi connectivity index (χ2n) is 26.6. The molecule has 0 radical (unpaired) electrons. The fraction of sp³-hybridized carbons (Fsp3) is 0.357. The molecule has 3 unspecified atom stereocenters. The molecule has 0 heterocycles.